The zero-order valence-corrected chi connectivity index (χ0v) is 9.06. The fourth-order valence-corrected chi connectivity index (χ4v) is 0.249. The normalized spacial score (nSPS) is 10.5. The van der Waals surface area contributed by atoms with Crippen molar-refractivity contribution in [2.75, 3.05) is 0 Å². The molecule has 0 fully saturated rings. The van der Waals surface area contributed by atoms with Crippen molar-refractivity contribution in [2.24, 2.45) is 0 Å². The average Bonchev–Trinajstić information content (AvgIpc) is 1.83. The molecule has 84 valence electrons. The summed E-state index contributed by atoms with van der Waals surface area (Å²) >= 11 is 0. The van der Waals surface area contributed by atoms with Crippen LogP contribution in [0.4, 0.5) is 0 Å². The minimum atomic E-state index is -4.67. The van der Waals surface area contributed by atoms with Crippen molar-refractivity contribution in [3.63, 3.8) is 0 Å². The summed E-state index contributed by atoms with van der Waals surface area (Å²) in [5.41, 5.74) is 0. The third kappa shape index (κ3) is 64.4. The van der Waals surface area contributed by atoms with E-state index in [4.69, 9.17) is 22.6 Å². The van der Waals surface area contributed by atoms with Gasteiger partial charge in [-0.25, -0.2) is 4.79 Å². The van der Waals surface area contributed by atoms with E-state index in [-0.39, 0.29) is 17.1 Å². The summed E-state index contributed by atoms with van der Waals surface area (Å²) in [6, 6.07) is 0. The summed E-state index contributed by atoms with van der Waals surface area (Å²) in [6.07, 6.45) is 5.98. The summed E-state index contributed by atoms with van der Waals surface area (Å²) in [6.45, 7) is 1.83. The second-order valence-electron chi connectivity index (χ2n) is 1.67. The molecule has 3 N–H and O–H groups in total. The number of carboxylic acids is 1. The van der Waals surface area contributed by atoms with Crippen LogP contribution in [0.15, 0.2) is 24.3 Å². The van der Waals surface area contributed by atoms with Crippen molar-refractivity contribution in [1.82, 2.24) is 0 Å². The fourth-order valence-electron chi connectivity index (χ4n) is 0.249. The Kier molecular flexibility index (Phi) is 14.1. The second kappa shape index (κ2) is 10.4. The summed E-state index contributed by atoms with van der Waals surface area (Å²) in [7, 11) is -4.67. The third-order valence-electron chi connectivity index (χ3n) is 0.542. The molecule has 14 heavy (non-hydrogen) atoms. The topological polar surface area (TPSA) is 112 Å². The van der Waals surface area contributed by atoms with Crippen molar-refractivity contribution in [2.45, 2.75) is 6.92 Å². The van der Waals surface area contributed by atoms with Gasteiger partial charge in [-0.15, -0.1) is 0 Å². The molecule has 0 heterocycles. The molecule has 0 aromatic carbocycles. The first-order valence-corrected chi connectivity index (χ1v) is 4.39. The molecule has 0 saturated carbocycles. The van der Waals surface area contributed by atoms with Crippen LogP contribution < -0.4 is 0 Å². The maximum Gasteiger partial charge on any atom is 0.394 e. The Labute approximate surface area is 92.4 Å². The van der Waals surface area contributed by atoms with Gasteiger partial charge in [-0.05, 0) is 6.92 Å². The van der Waals surface area contributed by atoms with Gasteiger partial charge in [0.15, 0.2) is 0 Å². The molecule has 0 aliphatic carbocycles. The first kappa shape index (κ1) is 19.0. The van der Waals surface area contributed by atoms with Gasteiger partial charge in [0, 0.05) is 23.1 Å². The number of aliphatic carboxylic acids is 1. The molecule has 0 aromatic heterocycles. The predicted molar refractivity (Wildman–Crippen MR) is 45.8 cm³/mol. The zero-order valence-electron chi connectivity index (χ0n) is 7.14. The van der Waals surface area contributed by atoms with Crippen LogP contribution in [0, 0.1) is 0 Å². The van der Waals surface area contributed by atoms with Gasteiger partial charge in [-0.1, -0.05) is 18.2 Å². The smallest absolute Gasteiger partial charge is 0.394 e. The molecule has 0 spiro atoms. The van der Waals surface area contributed by atoms with Crippen LogP contribution in [0.3, 0.4) is 0 Å². The molecular weight excluding hydrogens is 256 g/mol. The first-order valence-electron chi connectivity index (χ1n) is 2.99. The molecule has 0 unspecified atom stereocenters. The Balaban J connectivity index is -0.000000177. The van der Waals surface area contributed by atoms with Crippen LogP contribution in [0.5, 0.6) is 0 Å². The molecule has 0 amide bonds. The van der Waals surface area contributed by atoms with E-state index < -0.39 is 16.4 Å². The van der Waals surface area contributed by atoms with E-state index >= 15 is 0 Å². The van der Waals surface area contributed by atoms with Crippen LogP contribution in [0.2, 0.25) is 0 Å². The van der Waals surface area contributed by atoms with Crippen LogP contribution in [0.1, 0.15) is 6.92 Å². The van der Waals surface area contributed by atoms with Crippen molar-refractivity contribution >= 4 is 16.4 Å². The molecule has 0 aliphatic rings. The van der Waals surface area contributed by atoms with Gasteiger partial charge in [-0.2, -0.15) is 8.42 Å². The summed E-state index contributed by atoms with van der Waals surface area (Å²) < 4.78 is 31.6. The van der Waals surface area contributed by atoms with Crippen molar-refractivity contribution in [3.8, 4) is 0 Å². The van der Waals surface area contributed by atoms with Crippen molar-refractivity contribution in [1.29, 1.82) is 0 Å². The van der Waals surface area contributed by atoms with E-state index in [1.165, 1.54) is 6.08 Å². The van der Waals surface area contributed by atoms with Gasteiger partial charge in [0.25, 0.3) is 0 Å². The minimum absolute atomic E-state index is 0. The molecule has 0 atom stereocenters. The zero-order chi connectivity index (χ0) is 10.9. The average molecular weight is 266 g/mol. The molecule has 8 heteroatoms. The van der Waals surface area contributed by atoms with Crippen LogP contribution in [0.25, 0.3) is 0 Å². The molecule has 6 nitrogen and oxygen atoms in total. The Hall–Kier alpha value is -0.661. The fraction of sp³-hybridized carbons (Fsp3) is 0.167. The number of allylic oxidation sites excluding steroid dienone is 3. The minimum Gasteiger partial charge on any atom is -0.478 e. The quantitative estimate of drug-likeness (QED) is 0.291. The van der Waals surface area contributed by atoms with Gasteiger partial charge >= 0.3 is 16.4 Å². The Morgan fingerprint density at radius 3 is 1.79 bits per heavy atom. The van der Waals surface area contributed by atoms with Crippen molar-refractivity contribution in [3.05, 3.63) is 24.3 Å². The molecule has 0 saturated heterocycles. The van der Waals surface area contributed by atoms with E-state index in [2.05, 4.69) is 0 Å². The SMILES string of the molecule is CC=CC=CC(=O)O.O=S(=O)(O)O.[Fe]. The summed E-state index contributed by atoms with van der Waals surface area (Å²) in [5.74, 6) is -0.914. The van der Waals surface area contributed by atoms with Gasteiger partial charge < -0.3 is 5.11 Å². The summed E-state index contributed by atoms with van der Waals surface area (Å²) in [4.78, 5) is 9.75. The van der Waals surface area contributed by atoms with Gasteiger partial charge in [0.05, 0.1) is 0 Å². The number of hydrogen-bond donors (Lipinski definition) is 3. The number of hydrogen-bond acceptors (Lipinski definition) is 3. The van der Waals surface area contributed by atoms with Crippen LogP contribution >= 0.6 is 0 Å². The molecule has 0 aromatic rings. The number of carboxylic acid groups (broad SMARTS) is 1. The van der Waals surface area contributed by atoms with E-state index in [1.54, 1.807) is 12.2 Å². The van der Waals surface area contributed by atoms with E-state index in [0.29, 0.717) is 0 Å². The largest absolute Gasteiger partial charge is 0.478 e. The molecule has 0 aliphatic heterocycles. The van der Waals surface area contributed by atoms with Crippen molar-refractivity contribution < 1.29 is 44.5 Å². The predicted octanol–water partition coefficient (Wildman–Crippen LogP) is 0.548. The molecular formula is C6H10FeO6S. The number of rotatable bonds is 2. The van der Waals surface area contributed by atoms with E-state index in [0.717, 1.165) is 6.08 Å². The van der Waals surface area contributed by atoms with Gasteiger partial charge in [0.2, 0.25) is 0 Å². The maximum atomic E-state index is 9.75. The first-order chi connectivity index (χ1) is 5.77. The monoisotopic (exact) mass is 266 g/mol. The Morgan fingerprint density at radius 2 is 1.57 bits per heavy atom. The number of carbonyl (C=O) groups is 1. The van der Waals surface area contributed by atoms with Gasteiger partial charge in [0.1, 0.15) is 0 Å². The van der Waals surface area contributed by atoms with Crippen LogP contribution in [-0.2, 0) is 32.3 Å². The molecule has 0 rings (SSSR count). The second-order valence-corrected chi connectivity index (χ2v) is 2.57. The van der Waals surface area contributed by atoms with Gasteiger partial charge in [-0.3, -0.25) is 9.11 Å². The van der Waals surface area contributed by atoms with E-state index in [9.17, 15) is 4.79 Å². The molecule has 0 radical (unpaired) electrons. The third-order valence-corrected chi connectivity index (χ3v) is 0.542. The maximum absolute atomic E-state index is 9.75. The summed E-state index contributed by atoms with van der Waals surface area (Å²) in [5, 5.41) is 8.02. The Bertz CT molecular complexity index is 283. The van der Waals surface area contributed by atoms with E-state index in [1.807, 2.05) is 6.92 Å². The Morgan fingerprint density at radius 1 is 1.21 bits per heavy atom. The molecule has 0 bridgehead atoms. The standard InChI is InChI=1S/C6H8O2.Fe.H2O4S/c1-2-3-4-5-6(7)8;;1-5(2,3)4/h2-5H,1H3,(H,7,8);;(H2,1,2,3,4). The van der Waals surface area contributed by atoms with Crippen LogP contribution in [-0.4, -0.2) is 28.6 Å².